The summed E-state index contributed by atoms with van der Waals surface area (Å²) in [7, 11) is 2.27. The zero-order valence-electron chi connectivity index (χ0n) is 10.1. The van der Waals surface area contributed by atoms with Gasteiger partial charge in [0.15, 0.2) is 0 Å². The first-order valence-corrected chi connectivity index (χ1v) is 6.73. The predicted octanol–water partition coefficient (Wildman–Crippen LogP) is 2.38. The average molecular weight is 210 g/mol. The fraction of sp³-hybridized carbons (Fsp3) is 1.00. The van der Waals surface area contributed by atoms with Crippen LogP contribution < -0.4 is 5.73 Å². The van der Waals surface area contributed by atoms with Gasteiger partial charge in [-0.05, 0) is 38.6 Å². The third-order valence-electron chi connectivity index (χ3n) is 4.45. The summed E-state index contributed by atoms with van der Waals surface area (Å²) in [6.07, 6.45) is 11.2. The van der Waals surface area contributed by atoms with Gasteiger partial charge in [0, 0.05) is 18.6 Å². The smallest absolute Gasteiger partial charge is 0.0196 e. The molecule has 0 amide bonds. The largest absolute Gasteiger partial charge is 0.326 e. The van der Waals surface area contributed by atoms with Gasteiger partial charge in [-0.25, -0.2) is 0 Å². The van der Waals surface area contributed by atoms with Gasteiger partial charge in [0.25, 0.3) is 0 Å². The van der Waals surface area contributed by atoms with E-state index in [9.17, 15) is 0 Å². The molecule has 0 spiro atoms. The van der Waals surface area contributed by atoms with Crippen LogP contribution in [0.4, 0.5) is 0 Å². The van der Waals surface area contributed by atoms with Gasteiger partial charge in [0.1, 0.15) is 0 Å². The molecule has 88 valence electrons. The minimum Gasteiger partial charge on any atom is -0.326 e. The summed E-state index contributed by atoms with van der Waals surface area (Å²) in [5, 5.41) is 0. The van der Waals surface area contributed by atoms with Crippen molar-refractivity contribution in [3.8, 4) is 0 Å². The molecule has 15 heavy (non-hydrogen) atoms. The van der Waals surface area contributed by atoms with Crippen LogP contribution in [0.3, 0.4) is 0 Å². The van der Waals surface area contributed by atoms with Crippen LogP contribution in [0.25, 0.3) is 0 Å². The lowest BCUT2D eigenvalue weighted by atomic mass is 9.98. The van der Waals surface area contributed by atoms with E-state index >= 15 is 0 Å². The third kappa shape index (κ3) is 2.94. The number of nitrogens with zero attached hydrogens (tertiary/aromatic N) is 1. The van der Waals surface area contributed by atoms with Crippen LogP contribution in [0, 0.1) is 5.92 Å². The molecule has 2 nitrogen and oxygen atoms in total. The molecular weight excluding hydrogens is 184 g/mol. The van der Waals surface area contributed by atoms with Gasteiger partial charge in [-0.1, -0.05) is 25.7 Å². The van der Waals surface area contributed by atoms with Crippen molar-refractivity contribution in [2.75, 3.05) is 13.6 Å². The SMILES string of the molecule is CN(CC(N)C1CCCC1)C1CCCC1. The van der Waals surface area contributed by atoms with Crippen molar-refractivity contribution in [2.45, 2.75) is 63.5 Å². The fourth-order valence-electron chi connectivity index (χ4n) is 3.36. The second kappa shape index (κ2) is 5.31. The lowest BCUT2D eigenvalue weighted by molar-refractivity contribution is 0.209. The van der Waals surface area contributed by atoms with Crippen LogP contribution in [0.15, 0.2) is 0 Å². The van der Waals surface area contributed by atoms with E-state index in [2.05, 4.69) is 11.9 Å². The Morgan fingerprint density at radius 3 is 2.20 bits per heavy atom. The minimum absolute atomic E-state index is 0.429. The molecule has 2 saturated carbocycles. The Balaban J connectivity index is 1.74. The Morgan fingerprint density at radius 1 is 1.07 bits per heavy atom. The summed E-state index contributed by atoms with van der Waals surface area (Å²) in [5.74, 6) is 0.814. The number of hydrogen-bond donors (Lipinski definition) is 1. The summed E-state index contributed by atoms with van der Waals surface area (Å²) < 4.78 is 0. The maximum absolute atomic E-state index is 6.31. The molecule has 2 heteroatoms. The molecule has 0 radical (unpaired) electrons. The fourth-order valence-corrected chi connectivity index (χ4v) is 3.36. The summed E-state index contributed by atoms with van der Waals surface area (Å²) in [5.41, 5.74) is 6.31. The highest BCUT2D eigenvalue weighted by molar-refractivity contribution is 4.83. The highest BCUT2D eigenvalue weighted by atomic mass is 15.1. The molecule has 0 aromatic heterocycles. The van der Waals surface area contributed by atoms with E-state index in [-0.39, 0.29) is 0 Å². The highest BCUT2D eigenvalue weighted by Crippen LogP contribution is 2.28. The number of likely N-dealkylation sites (N-methyl/N-ethyl adjacent to an activating group) is 1. The molecule has 0 saturated heterocycles. The molecule has 1 atom stereocenters. The molecule has 2 aliphatic carbocycles. The van der Waals surface area contributed by atoms with Gasteiger partial charge >= 0.3 is 0 Å². The van der Waals surface area contributed by atoms with Gasteiger partial charge in [0.2, 0.25) is 0 Å². The quantitative estimate of drug-likeness (QED) is 0.772. The van der Waals surface area contributed by atoms with Gasteiger partial charge in [0.05, 0.1) is 0 Å². The van der Waals surface area contributed by atoms with Crippen LogP contribution in [-0.4, -0.2) is 30.6 Å². The van der Waals surface area contributed by atoms with E-state index in [1.54, 1.807) is 0 Å². The topological polar surface area (TPSA) is 29.3 Å². The Bertz CT molecular complexity index is 161. The van der Waals surface area contributed by atoms with Gasteiger partial charge < -0.3 is 10.6 Å². The average Bonchev–Trinajstić information content (AvgIpc) is 2.91. The maximum atomic E-state index is 6.31. The highest BCUT2D eigenvalue weighted by Gasteiger charge is 2.26. The normalized spacial score (nSPS) is 26.6. The van der Waals surface area contributed by atoms with Crippen molar-refractivity contribution >= 4 is 0 Å². The number of nitrogens with two attached hydrogens (primary N) is 1. The van der Waals surface area contributed by atoms with Crippen molar-refractivity contribution in [1.82, 2.24) is 4.90 Å². The second-order valence-electron chi connectivity index (χ2n) is 5.59. The van der Waals surface area contributed by atoms with E-state index in [4.69, 9.17) is 5.73 Å². The first kappa shape index (κ1) is 11.4. The van der Waals surface area contributed by atoms with Gasteiger partial charge in [-0.3, -0.25) is 0 Å². The Hall–Kier alpha value is -0.0800. The molecule has 2 N–H and O–H groups in total. The van der Waals surface area contributed by atoms with Crippen LogP contribution in [-0.2, 0) is 0 Å². The monoisotopic (exact) mass is 210 g/mol. The van der Waals surface area contributed by atoms with Gasteiger partial charge in [-0.2, -0.15) is 0 Å². The Morgan fingerprint density at radius 2 is 1.60 bits per heavy atom. The van der Waals surface area contributed by atoms with Crippen molar-refractivity contribution < 1.29 is 0 Å². The summed E-state index contributed by atoms with van der Waals surface area (Å²) in [6.45, 7) is 1.12. The molecule has 0 aliphatic heterocycles. The van der Waals surface area contributed by atoms with E-state index < -0.39 is 0 Å². The third-order valence-corrected chi connectivity index (χ3v) is 4.45. The molecule has 0 heterocycles. The molecule has 1 unspecified atom stereocenters. The molecule has 0 aromatic rings. The van der Waals surface area contributed by atoms with Crippen LogP contribution in [0.2, 0.25) is 0 Å². The molecule has 0 aromatic carbocycles. The van der Waals surface area contributed by atoms with Crippen molar-refractivity contribution in [2.24, 2.45) is 11.7 Å². The van der Waals surface area contributed by atoms with Crippen molar-refractivity contribution in [3.05, 3.63) is 0 Å². The zero-order valence-corrected chi connectivity index (χ0v) is 10.1. The summed E-state index contributed by atoms with van der Waals surface area (Å²) in [4.78, 5) is 2.52. The maximum Gasteiger partial charge on any atom is 0.0196 e. The molecule has 2 fully saturated rings. The second-order valence-corrected chi connectivity index (χ2v) is 5.59. The van der Waals surface area contributed by atoms with Crippen LogP contribution >= 0.6 is 0 Å². The lowest BCUT2D eigenvalue weighted by Crippen LogP contribution is -2.43. The molecule has 0 bridgehead atoms. The number of hydrogen-bond acceptors (Lipinski definition) is 2. The predicted molar refractivity (Wildman–Crippen MR) is 64.8 cm³/mol. The Kier molecular flexibility index (Phi) is 4.04. The van der Waals surface area contributed by atoms with Crippen molar-refractivity contribution in [3.63, 3.8) is 0 Å². The Labute approximate surface area is 94.2 Å². The van der Waals surface area contributed by atoms with Gasteiger partial charge in [-0.15, -0.1) is 0 Å². The zero-order chi connectivity index (χ0) is 10.7. The summed E-state index contributed by atoms with van der Waals surface area (Å²) in [6, 6.07) is 1.26. The lowest BCUT2D eigenvalue weighted by Gasteiger charge is -2.29. The number of rotatable bonds is 4. The minimum atomic E-state index is 0.429. The van der Waals surface area contributed by atoms with E-state index in [1.807, 2.05) is 0 Å². The molecular formula is C13H26N2. The first-order chi connectivity index (χ1) is 7.27. The first-order valence-electron chi connectivity index (χ1n) is 6.73. The van der Waals surface area contributed by atoms with E-state index in [1.165, 1.54) is 51.4 Å². The van der Waals surface area contributed by atoms with E-state index in [0.29, 0.717) is 6.04 Å². The van der Waals surface area contributed by atoms with Crippen LogP contribution in [0.5, 0.6) is 0 Å². The molecule has 2 aliphatic rings. The van der Waals surface area contributed by atoms with E-state index in [0.717, 1.165) is 18.5 Å². The van der Waals surface area contributed by atoms with Crippen LogP contribution in [0.1, 0.15) is 51.4 Å². The van der Waals surface area contributed by atoms with Crippen molar-refractivity contribution in [1.29, 1.82) is 0 Å². The molecule has 2 rings (SSSR count). The summed E-state index contributed by atoms with van der Waals surface area (Å²) >= 11 is 0. The standard InChI is InChI=1S/C13H26N2/c1-15(12-8-4-5-9-12)10-13(14)11-6-2-3-7-11/h11-13H,2-10,14H2,1H3.